The molecule has 0 amide bonds. The molecule has 116 valence electrons. The molecule has 1 heterocycles. The molecule has 0 aromatic heterocycles. The van der Waals surface area contributed by atoms with E-state index in [1.54, 1.807) is 0 Å². The number of Topliss-reactive ketones (excluding diaryl/α,β-unsaturated/α-hetero) is 1. The summed E-state index contributed by atoms with van der Waals surface area (Å²) in [5, 5.41) is 0. The van der Waals surface area contributed by atoms with E-state index < -0.39 is 0 Å². The van der Waals surface area contributed by atoms with E-state index in [9.17, 15) is 4.79 Å². The molecule has 1 aromatic carbocycles. The molecular formula is C18H27NO2. The van der Waals surface area contributed by atoms with Gasteiger partial charge in [0.25, 0.3) is 0 Å². The molecule has 1 unspecified atom stereocenters. The van der Waals surface area contributed by atoms with E-state index in [1.807, 2.05) is 20.0 Å². The summed E-state index contributed by atoms with van der Waals surface area (Å²) in [6, 6.07) is 4.14. The Morgan fingerprint density at radius 3 is 2.62 bits per heavy atom. The molecule has 0 N–H and O–H groups in total. The maximum absolute atomic E-state index is 12.5. The Balaban J connectivity index is 1.95. The Kier molecular flexibility index (Phi) is 5.54. The maximum atomic E-state index is 12.5. The SMILES string of the molecule is Cc1cc(C)c(C(=O)CN(C)CC2CCCOC2)cc1C. The monoisotopic (exact) mass is 289 g/mol. The zero-order valence-corrected chi connectivity index (χ0v) is 13.7. The molecule has 1 aliphatic heterocycles. The molecule has 1 aromatic rings. The quantitative estimate of drug-likeness (QED) is 0.780. The Bertz CT molecular complexity index is 504. The number of likely N-dealkylation sites (N-methyl/N-ethyl adjacent to an activating group) is 1. The fraction of sp³-hybridized carbons (Fsp3) is 0.611. The van der Waals surface area contributed by atoms with Gasteiger partial charge in [0.1, 0.15) is 0 Å². The van der Waals surface area contributed by atoms with Crippen LogP contribution in [-0.2, 0) is 4.74 Å². The number of aryl methyl sites for hydroxylation is 3. The van der Waals surface area contributed by atoms with Gasteiger partial charge in [0.15, 0.2) is 5.78 Å². The van der Waals surface area contributed by atoms with Crippen molar-refractivity contribution in [3.05, 3.63) is 34.4 Å². The van der Waals surface area contributed by atoms with Gasteiger partial charge in [0.05, 0.1) is 13.2 Å². The molecule has 3 heteroatoms. The average Bonchev–Trinajstić information content (AvgIpc) is 2.43. The van der Waals surface area contributed by atoms with Crippen molar-refractivity contribution >= 4 is 5.78 Å². The van der Waals surface area contributed by atoms with Crippen molar-refractivity contribution in [2.45, 2.75) is 33.6 Å². The number of hydrogen-bond donors (Lipinski definition) is 0. The summed E-state index contributed by atoms with van der Waals surface area (Å²) in [4.78, 5) is 14.6. The van der Waals surface area contributed by atoms with E-state index >= 15 is 0 Å². The fourth-order valence-corrected chi connectivity index (χ4v) is 3.05. The van der Waals surface area contributed by atoms with Crippen LogP contribution in [0.1, 0.15) is 39.9 Å². The lowest BCUT2D eigenvalue weighted by Crippen LogP contribution is -2.34. The number of carbonyl (C=O) groups is 1. The standard InChI is InChI=1S/C18H27NO2/c1-13-8-15(3)17(9-14(13)2)18(20)11-19(4)10-16-6-5-7-21-12-16/h8-9,16H,5-7,10-12H2,1-4H3. The third kappa shape index (κ3) is 4.39. The Morgan fingerprint density at radius 1 is 1.24 bits per heavy atom. The maximum Gasteiger partial charge on any atom is 0.177 e. The molecule has 3 nitrogen and oxygen atoms in total. The van der Waals surface area contributed by atoms with Gasteiger partial charge in [0, 0.05) is 18.7 Å². The minimum atomic E-state index is 0.217. The van der Waals surface area contributed by atoms with Gasteiger partial charge in [0.2, 0.25) is 0 Å². The van der Waals surface area contributed by atoms with Crippen LogP contribution in [-0.4, -0.2) is 44.0 Å². The molecule has 21 heavy (non-hydrogen) atoms. The fourth-order valence-electron chi connectivity index (χ4n) is 3.05. The van der Waals surface area contributed by atoms with E-state index in [0.717, 1.165) is 37.3 Å². The molecule has 2 rings (SSSR count). The van der Waals surface area contributed by atoms with Crippen molar-refractivity contribution < 1.29 is 9.53 Å². The highest BCUT2D eigenvalue weighted by Gasteiger charge is 2.18. The van der Waals surface area contributed by atoms with Crippen LogP contribution in [0.25, 0.3) is 0 Å². The summed E-state index contributed by atoms with van der Waals surface area (Å²) in [5.41, 5.74) is 4.38. The van der Waals surface area contributed by atoms with Crippen LogP contribution in [0.4, 0.5) is 0 Å². The molecule has 0 aliphatic carbocycles. The van der Waals surface area contributed by atoms with Crippen molar-refractivity contribution in [2.24, 2.45) is 5.92 Å². The summed E-state index contributed by atoms with van der Waals surface area (Å²) >= 11 is 0. The number of ether oxygens (including phenoxy) is 1. The van der Waals surface area contributed by atoms with Crippen LogP contribution in [0.5, 0.6) is 0 Å². The summed E-state index contributed by atoms with van der Waals surface area (Å²) in [5.74, 6) is 0.784. The van der Waals surface area contributed by atoms with Crippen molar-refractivity contribution in [3.63, 3.8) is 0 Å². The zero-order chi connectivity index (χ0) is 15.4. The molecular weight excluding hydrogens is 262 g/mol. The number of hydrogen-bond acceptors (Lipinski definition) is 3. The predicted molar refractivity (Wildman–Crippen MR) is 86.0 cm³/mol. The molecule has 1 aliphatic rings. The Hall–Kier alpha value is -1.19. The van der Waals surface area contributed by atoms with E-state index in [1.165, 1.54) is 17.5 Å². The van der Waals surface area contributed by atoms with Gasteiger partial charge in [-0.05, 0) is 69.3 Å². The molecule has 1 atom stereocenters. The second kappa shape index (κ2) is 7.19. The summed E-state index contributed by atoms with van der Waals surface area (Å²) < 4.78 is 5.51. The highest BCUT2D eigenvalue weighted by molar-refractivity contribution is 5.99. The largest absolute Gasteiger partial charge is 0.381 e. The first-order valence-corrected chi connectivity index (χ1v) is 7.84. The van der Waals surface area contributed by atoms with Crippen molar-refractivity contribution in [1.29, 1.82) is 0 Å². The minimum Gasteiger partial charge on any atom is -0.381 e. The number of carbonyl (C=O) groups excluding carboxylic acids is 1. The van der Waals surface area contributed by atoms with Crippen LogP contribution in [0.2, 0.25) is 0 Å². The lowest BCUT2D eigenvalue weighted by atomic mass is 9.97. The third-order valence-corrected chi connectivity index (χ3v) is 4.38. The Morgan fingerprint density at radius 2 is 1.95 bits per heavy atom. The van der Waals surface area contributed by atoms with Gasteiger partial charge in [-0.1, -0.05) is 6.07 Å². The molecule has 0 saturated carbocycles. The number of nitrogens with zero attached hydrogens (tertiary/aromatic N) is 1. The van der Waals surface area contributed by atoms with Gasteiger partial charge in [-0.2, -0.15) is 0 Å². The van der Waals surface area contributed by atoms with Crippen molar-refractivity contribution in [2.75, 3.05) is 33.4 Å². The molecule has 1 fully saturated rings. The topological polar surface area (TPSA) is 29.5 Å². The normalized spacial score (nSPS) is 19.0. The number of benzene rings is 1. The second-order valence-corrected chi connectivity index (χ2v) is 6.45. The van der Waals surface area contributed by atoms with Gasteiger partial charge in [-0.3, -0.25) is 9.69 Å². The first kappa shape index (κ1) is 16.2. The van der Waals surface area contributed by atoms with Crippen LogP contribution in [0, 0.1) is 26.7 Å². The van der Waals surface area contributed by atoms with Gasteiger partial charge in [-0.15, -0.1) is 0 Å². The molecule has 0 radical (unpaired) electrons. The number of ketones is 1. The van der Waals surface area contributed by atoms with Crippen LogP contribution in [0.15, 0.2) is 12.1 Å². The molecule has 0 spiro atoms. The molecule has 1 saturated heterocycles. The highest BCUT2D eigenvalue weighted by atomic mass is 16.5. The van der Waals surface area contributed by atoms with Crippen LogP contribution < -0.4 is 0 Å². The molecule has 0 bridgehead atoms. The summed E-state index contributed by atoms with van der Waals surface area (Å²) in [7, 11) is 2.03. The zero-order valence-electron chi connectivity index (χ0n) is 13.7. The Labute approximate surface area is 128 Å². The van der Waals surface area contributed by atoms with Gasteiger partial charge in [-0.25, -0.2) is 0 Å². The first-order chi connectivity index (χ1) is 9.97. The van der Waals surface area contributed by atoms with E-state index in [0.29, 0.717) is 12.5 Å². The highest BCUT2D eigenvalue weighted by Crippen LogP contribution is 2.17. The third-order valence-electron chi connectivity index (χ3n) is 4.38. The van der Waals surface area contributed by atoms with Crippen molar-refractivity contribution in [3.8, 4) is 0 Å². The van der Waals surface area contributed by atoms with Crippen LogP contribution in [0.3, 0.4) is 0 Å². The predicted octanol–water partition coefficient (Wildman–Crippen LogP) is 3.15. The first-order valence-electron chi connectivity index (χ1n) is 7.84. The van der Waals surface area contributed by atoms with Gasteiger partial charge < -0.3 is 4.74 Å². The van der Waals surface area contributed by atoms with Crippen LogP contribution >= 0.6 is 0 Å². The van der Waals surface area contributed by atoms with Crippen molar-refractivity contribution in [1.82, 2.24) is 4.90 Å². The van der Waals surface area contributed by atoms with Gasteiger partial charge >= 0.3 is 0 Å². The minimum absolute atomic E-state index is 0.217. The van der Waals surface area contributed by atoms with E-state index in [4.69, 9.17) is 4.74 Å². The summed E-state index contributed by atoms with van der Waals surface area (Å²) in [6.45, 7) is 9.33. The smallest absolute Gasteiger partial charge is 0.177 e. The number of rotatable bonds is 5. The lowest BCUT2D eigenvalue weighted by Gasteiger charge is -2.26. The second-order valence-electron chi connectivity index (χ2n) is 6.45. The average molecular weight is 289 g/mol. The lowest BCUT2D eigenvalue weighted by molar-refractivity contribution is 0.0416. The van der Waals surface area contributed by atoms with E-state index in [2.05, 4.69) is 24.8 Å². The van der Waals surface area contributed by atoms with E-state index in [-0.39, 0.29) is 5.78 Å². The summed E-state index contributed by atoms with van der Waals surface area (Å²) in [6.07, 6.45) is 2.35.